The van der Waals surface area contributed by atoms with Crippen molar-refractivity contribution in [3.05, 3.63) is 30.6 Å². The number of nitrogens with zero attached hydrogens (tertiary/aromatic N) is 3. The predicted molar refractivity (Wildman–Crippen MR) is 83.3 cm³/mol. The topological polar surface area (TPSA) is 69.0 Å². The molecule has 1 aliphatic rings. The molecule has 2 aromatic rings. The molecule has 116 valence electrons. The van der Waals surface area contributed by atoms with E-state index in [0.717, 1.165) is 37.1 Å². The van der Waals surface area contributed by atoms with E-state index in [-0.39, 0.29) is 12.0 Å². The maximum Gasteiger partial charge on any atom is 0.226 e. The van der Waals surface area contributed by atoms with Crippen molar-refractivity contribution in [2.45, 2.75) is 31.8 Å². The zero-order chi connectivity index (χ0) is 15.4. The minimum atomic E-state index is -0.0157. The highest BCUT2D eigenvalue weighted by Gasteiger charge is 2.17. The Balaban J connectivity index is 1.63. The van der Waals surface area contributed by atoms with Gasteiger partial charge in [0, 0.05) is 24.9 Å². The standard InChI is InChI=1S/C16H20N4O2/c1-20-11-17-16(19-20)12-5-4-6-13(9-12)18-15(21)10-14-7-2-3-8-22-14/h4-6,9,11,14H,2-3,7-8,10H2,1H3,(H,18,21)/t14-/m0/s1. The van der Waals surface area contributed by atoms with Gasteiger partial charge in [0.15, 0.2) is 5.82 Å². The molecule has 2 heterocycles. The number of aryl methyl sites for hydroxylation is 1. The van der Waals surface area contributed by atoms with Gasteiger partial charge in [-0.05, 0) is 31.4 Å². The molecular formula is C16H20N4O2. The van der Waals surface area contributed by atoms with Crippen molar-refractivity contribution in [2.24, 2.45) is 7.05 Å². The second-order valence-electron chi connectivity index (χ2n) is 5.56. The highest BCUT2D eigenvalue weighted by Crippen LogP contribution is 2.20. The van der Waals surface area contributed by atoms with Crippen LogP contribution in [-0.2, 0) is 16.6 Å². The Morgan fingerprint density at radius 2 is 2.36 bits per heavy atom. The molecule has 0 aliphatic carbocycles. The maximum atomic E-state index is 12.1. The van der Waals surface area contributed by atoms with Crippen molar-refractivity contribution in [1.82, 2.24) is 14.8 Å². The first kappa shape index (κ1) is 14.7. The van der Waals surface area contributed by atoms with Crippen molar-refractivity contribution in [2.75, 3.05) is 11.9 Å². The first-order valence-corrected chi connectivity index (χ1v) is 7.58. The summed E-state index contributed by atoms with van der Waals surface area (Å²) < 4.78 is 7.25. The van der Waals surface area contributed by atoms with E-state index in [0.29, 0.717) is 12.2 Å². The molecule has 0 bridgehead atoms. The summed E-state index contributed by atoms with van der Waals surface area (Å²) in [7, 11) is 1.83. The van der Waals surface area contributed by atoms with Gasteiger partial charge in [0.25, 0.3) is 0 Å². The molecule has 0 unspecified atom stereocenters. The van der Waals surface area contributed by atoms with Crippen molar-refractivity contribution < 1.29 is 9.53 Å². The van der Waals surface area contributed by atoms with Crippen molar-refractivity contribution >= 4 is 11.6 Å². The Morgan fingerprint density at radius 1 is 1.45 bits per heavy atom. The summed E-state index contributed by atoms with van der Waals surface area (Å²) in [5.41, 5.74) is 1.64. The minimum Gasteiger partial charge on any atom is -0.378 e. The summed E-state index contributed by atoms with van der Waals surface area (Å²) in [6, 6.07) is 7.56. The van der Waals surface area contributed by atoms with Crippen LogP contribution in [0.25, 0.3) is 11.4 Å². The second-order valence-corrected chi connectivity index (χ2v) is 5.56. The quantitative estimate of drug-likeness (QED) is 0.941. The number of carbonyl (C=O) groups excluding carboxylic acids is 1. The lowest BCUT2D eigenvalue weighted by molar-refractivity contribution is -0.119. The van der Waals surface area contributed by atoms with E-state index >= 15 is 0 Å². The molecular weight excluding hydrogens is 280 g/mol. The largest absolute Gasteiger partial charge is 0.378 e. The number of anilines is 1. The zero-order valence-corrected chi connectivity index (χ0v) is 12.7. The molecule has 3 rings (SSSR count). The lowest BCUT2D eigenvalue weighted by Gasteiger charge is -2.21. The van der Waals surface area contributed by atoms with E-state index in [9.17, 15) is 4.79 Å². The summed E-state index contributed by atoms with van der Waals surface area (Å²) in [5, 5.41) is 7.19. The van der Waals surface area contributed by atoms with Crippen LogP contribution >= 0.6 is 0 Å². The molecule has 1 aromatic heterocycles. The third-order valence-corrected chi connectivity index (χ3v) is 3.69. The van der Waals surface area contributed by atoms with Crippen LogP contribution in [0.5, 0.6) is 0 Å². The third kappa shape index (κ3) is 3.71. The lowest BCUT2D eigenvalue weighted by atomic mass is 10.1. The summed E-state index contributed by atoms with van der Waals surface area (Å²) in [6.45, 7) is 0.763. The Bertz CT molecular complexity index is 647. The second kappa shape index (κ2) is 6.70. The molecule has 1 amide bonds. The van der Waals surface area contributed by atoms with Crippen LogP contribution < -0.4 is 5.32 Å². The molecule has 1 aliphatic heterocycles. The number of ether oxygens (including phenoxy) is 1. The van der Waals surface area contributed by atoms with Gasteiger partial charge in [-0.3, -0.25) is 9.48 Å². The molecule has 1 fully saturated rings. The first-order valence-electron chi connectivity index (χ1n) is 7.58. The smallest absolute Gasteiger partial charge is 0.226 e. The van der Waals surface area contributed by atoms with Crippen LogP contribution in [0.1, 0.15) is 25.7 Å². The van der Waals surface area contributed by atoms with E-state index in [1.807, 2.05) is 31.3 Å². The van der Waals surface area contributed by atoms with Gasteiger partial charge in [-0.2, -0.15) is 5.10 Å². The maximum absolute atomic E-state index is 12.1. The van der Waals surface area contributed by atoms with Gasteiger partial charge < -0.3 is 10.1 Å². The Morgan fingerprint density at radius 3 is 3.09 bits per heavy atom. The zero-order valence-electron chi connectivity index (χ0n) is 12.7. The fourth-order valence-electron chi connectivity index (χ4n) is 2.59. The molecule has 0 saturated carbocycles. The van der Waals surface area contributed by atoms with Crippen LogP contribution in [0.2, 0.25) is 0 Å². The average Bonchev–Trinajstić information content (AvgIpc) is 2.95. The van der Waals surface area contributed by atoms with Crippen LogP contribution in [0, 0.1) is 0 Å². The molecule has 1 aromatic carbocycles. The third-order valence-electron chi connectivity index (χ3n) is 3.69. The number of carbonyl (C=O) groups is 1. The molecule has 22 heavy (non-hydrogen) atoms. The van der Waals surface area contributed by atoms with Crippen LogP contribution in [0.15, 0.2) is 30.6 Å². The van der Waals surface area contributed by atoms with Crippen molar-refractivity contribution in [3.63, 3.8) is 0 Å². The summed E-state index contributed by atoms with van der Waals surface area (Å²) >= 11 is 0. The monoisotopic (exact) mass is 300 g/mol. The Hall–Kier alpha value is -2.21. The molecule has 6 heteroatoms. The number of hydrogen-bond donors (Lipinski definition) is 1. The van der Waals surface area contributed by atoms with E-state index in [1.54, 1.807) is 11.0 Å². The van der Waals surface area contributed by atoms with E-state index in [2.05, 4.69) is 15.4 Å². The summed E-state index contributed by atoms with van der Waals surface area (Å²) in [4.78, 5) is 16.3. The lowest BCUT2D eigenvalue weighted by Crippen LogP contribution is -2.25. The van der Waals surface area contributed by atoms with Crippen LogP contribution in [0.4, 0.5) is 5.69 Å². The molecule has 1 atom stereocenters. The molecule has 1 saturated heterocycles. The van der Waals surface area contributed by atoms with E-state index in [1.165, 1.54) is 0 Å². The van der Waals surface area contributed by atoms with Gasteiger partial charge in [-0.15, -0.1) is 0 Å². The Labute approximate surface area is 129 Å². The number of amides is 1. The van der Waals surface area contributed by atoms with E-state index in [4.69, 9.17) is 4.74 Å². The number of aromatic nitrogens is 3. The van der Waals surface area contributed by atoms with Gasteiger partial charge >= 0.3 is 0 Å². The van der Waals surface area contributed by atoms with Gasteiger partial charge in [-0.25, -0.2) is 4.98 Å². The normalized spacial score (nSPS) is 18.1. The summed E-state index contributed by atoms with van der Waals surface area (Å²) in [5.74, 6) is 0.632. The fourth-order valence-corrected chi connectivity index (χ4v) is 2.59. The van der Waals surface area contributed by atoms with Gasteiger partial charge in [-0.1, -0.05) is 12.1 Å². The highest BCUT2D eigenvalue weighted by atomic mass is 16.5. The number of rotatable bonds is 4. The minimum absolute atomic E-state index is 0.0157. The fraction of sp³-hybridized carbons (Fsp3) is 0.438. The molecule has 6 nitrogen and oxygen atoms in total. The highest BCUT2D eigenvalue weighted by molar-refractivity contribution is 5.91. The van der Waals surface area contributed by atoms with Gasteiger partial charge in [0.05, 0.1) is 12.5 Å². The molecule has 0 spiro atoms. The molecule has 1 N–H and O–H groups in total. The SMILES string of the molecule is Cn1cnc(-c2cccc(NC(=O)C[C@@H]3CCCCO3)c2)n1. The summed E-state index contributed by atoms with van der Waals surface area (Å²) in [6.07, 6.45) is 5.31. The average molecular weight is 300 g/mol. The van der Waals surface area contributed by atoms with Crippen molar-refractivity contribution in [3.8, 4) is 11.4 Å². The number of nitrogens with one attached hydrogen (secondary N) is 1. The first-order chi connectivity index (χ1) is 10.7. The molecule has 0 radical (unpaired) electrons. The van der Waals surface area contributed by atoms with Crippen LogP contribution in [0.3, 0.4) is 0 Å². The number of benzene rings is 1. The van der Waals surface area contributed by atoms with Crippen molar-refractivity contribution in [1.29, 1.82) is 0 Å². The van der Waals surface area contributed by atoms with E-state index < -0.39 is 0 Å². The Kier molecular flexibility index (Phi) is 4.48. The number of hydrogen-bond acceptors (Lipinski definition) is 4. The predicted octanol–water partition coefficient (Wildman–Crippen LogP) is 2.38. The van der Waals surface area contributed by atoms with Gasteiger partial charge in [0.2, 0.25) is 5.91 Å². The van der Waals surface area contributed by atoms with Gasteiger partial charge in [0.1, 0.15) is 6.33 Å². The van der Waals surface area contributed by atoms with Crippen LogP contribution in [-0.4, -0.2) is 33.4 Å².